The monoisotopic (exact) mass is 266 g/mol. The Morgan fingerprint density at radius 3 is 3.11 bits per heavy atom. The molecule has 2 N–H and O–H groups in total. The van der Waals surface area contributed by atoms with Crippen LogP contribution in [-0.4, -0.2) is 57.5 Å². The van der Waals surface area contributed by atoms with E-state index in [0.717, 1.165) is 25.9 Å². The zero-order chi connectivity index (χ0) is 13.7. The van der Waals surface area contributed by atoms with Crippen molar-refractivity contribution in [3.05, 3.63) is 18.5 Å². The van der Waals surface area contributed by atoms with Crippen molar-refractivity contribution in [1.29, 1.82) is 0 Å². The number of carbonyl (C=O) groups is 1. The van der Waals surface area contributed by atoms with Crippen molar-refractivity contribution >= 4 is 5.91 Å². The highest BCUT2D eigenvalue weighted by Crippen LogP contribution is 2.10. The summed E-state index contributed by atoms with van der Waals surface area (Å²) in [4.78, 5) is 13.3. The molecule has 106 valence electrons. The van der Waals surface area contributed by atoms with Gasteiger partial charge < -0.3 is 10.4 Å². The maximum atomic E-state index is 11.1. The SMILES string of the molecule is CC(=O)N[C@@H]1CCCN(C[C@@H](O)Cn2cccn2)C1. The van der Waals surface area contributed by atoms with Crippen LogP contribution >= 0.6 is 0 Å². The lowest BCUT2D eigenvalue weighted by Gasteiger charge is -2.34. The number of carbonyl (C=O) groups excluding carboxylic acids is 1. The standard InChI is InChI=1S/C13H22N4O2/c1-11(18)15-12-4-2-6-16(8-12)9-13(19)10-17-7-3-5-14-17/h3,5,7,12-13,19H,2,4,6,8-10H2,1H3,(H,15,18)/t12-,13-/m1/s1. The molecule has 2 heterocycles. The van der Waals surface area contributed by atoms with Crippen molar-refractivity contribution in [2.24, 2.45) is 0 Å². The molecule has 1 amide bonds. The van der Waals surface area contributed by atoms with Crippen LogP contribution in [0.15, 0.2) is 18.5 Å². The summed E-state index contributed by atoms with van der Waals surface area (Å²) in [6.07, 6.45) is 5.20. The maximum absolute atomic E-state index is 11.1. The molecule has 2 rings (SSSR count). The normalized spacial score (nSPS) is 22.1. The fraction of sp³-hybridized carbons (Fsp3) is 0.692. The van der Waals surface area contributed by atoms with Gasteiger partial charge in [0.05, 0.1) is 12.6 Å². The van der Waals surface area contributed by atoms with Crippen LogP contribution in [0.2, 0.25) is 0 Å². The molecule has 19 heavy (non-hydrogen) atoms. The minimum Gasteiger partial charge on any atom is -0.390 e. The Hall–Kier alpha value is -1.40. The zero-order valence-corrected chi connectivity index (χ0v) is 11.3. The van der Waals surface area contributed by atoms with Gasteiger partial charge >= 0.3 is 0 Å². The minimum atomic E-state index is -0.434. The fourth-order valence-corrected chi connectivity index (χ4v) is 2.61. The summed E-state index contributed by atoms with van der Waals surface area (Å²) in [6.45, 7) is 4.47. The summed E-state index contributed by atoms with van der Waals surface area (Å²) in [5, 5.41) is 17.1. The Morgan fingerprint density at radius 2 is 2.42 bits per heavy atom. The summed E-state index contributed by atoms with van der Waals surface area (Å²) in [6, 6.07) is 2.06. The first-order chi connectivity index (χ1) is 9.13. The van der Waals surface area contributed by atoms with E-state index >= 15 is 0 Å². The Morgan fingerprint density at radius 1 is 1.58 bits per heavy atom. The largest absolute Gasteiger partial charge is 0.390 e. The molecule has 1 fully saturated rings. The van der Waals surface area contributed by atoms with Crippen molar-refractivity contribution < 1.29 is 9.90 Å². The highest BCUT2D eigenvalue weighted by Gasteiger charge is 2.22. The highest BCUT2D eigenvalue weighted by atomic mass is 16.3. The van der Waals surface area contributed by atoms with E-state index in [9.17, 15) is 9.90 Å². The van der Waals surface area contributed by atoms with E-state index in [0.29, 0.717) is 13.1 Å². The number of nitrogens with one attached hydrogen (secondary N) is 1. The average Bonchev–Trinajstić information content (AvgIpc) is 2.81. The average molecular weight is 266 g/mol. The molecule has 1 aromatic heterocycles. The molecule has 1 aromatic rings. The van der Waals surface area contributed by atoms with Gasteiger partial charge in [-0.05, 0) is 25.5 Å². The van der Waals surface area contributed by atoms with E-state index in [1.54, 1.807) is 17.8 Å². The Bertz CT molecular complexity index is 393. The van der Waals surface area contributed by atoms with Crippen LogP contribution in [-0.2, 0) is 11.3 Å². The summed E-state index contributed by atoms with van der Waals surface area (Å²) >= 11 is 0. The van der Waals surface area contributed by atoms with E-state index in [1.165, 1.54) is 0 Å². The van der Waals surface area contributed by atoms with E-state index in [2.05, 4.69) is 15.3 Å². The number of piperidine rings is 1. The number of hydrogen-bond acceptors (Lipinski definition) is 4. The van der Waals surface area contributed by atoms with Gasteiger partial charge in [-0.3, -0.25) is 14.4 Å². The number of likely N-dealkylation sites (tertiary alicyclic amines) is 1. The lowest BCUT2D eigenvalue weighted by Crippen LogP contribution is -2.49. The smallest absolute Gasteiger partial charge is 0.217 e. The third kappa shape index (κ3) is 4.65. The van der Waals surface area contributed by atoms with Crippen molar-refractivity contribution in [2.45, 2.75) is 38.5 Å². The third-order valence-corrected chi connectivity index (χ3v) is 3.34. The lowest BCUT2D eigenvalue weighted by atomic mass is 10.1. The van der Waals surface area contributed by atoms with E-state index in [1.807, 2.05) is 12.3 Å². The van der Waals surface area contributed by atoms with Crippen molar-refractivity contribution in [1.82, 2.24) is 20.0 Å². The number of aliphatic hydroxyl groups is 1. The molecule has 6 nitrogen and oxygen atoms in total. The van der Waals surface area contributed by atoms with Crippen LogP contribution < -0.4 is 5.32 Å². The van der Waals surface area contributed by atoms with Crippen LogP contribution in [0, 0.1) is 0 Å². The van der Waals surface area contributed by atoms with Crippen molar-refractivity contribution in [3.63, 3.8) is 0 Å². The molecule has 1 aliphatic rings. The molecule has 0 saturated carbocycles. The number of aliphatic hydroxyl groups excluding tert-OH is 1. The second kappa shape index (κ2) is 6.68. The molecule has 6 heteroatoms. The van der Waals surface area contributed by atoms with E-state index < -0.39 is 6.10 Å². The Kier molecular flexibility index (Phi) is 4.93. The van der Waals surface area contributed by atoms with Crippen LogP contribution in [0.1, 0.15) is 19.8 Å². The number of amides is 1. The van der Waals surface area contributed by atoms with Gasteiger partial charge in [-0.2, -0.15) is 5.10 Å². The van der Waals surface area contributed by atoms with Gasteiger partial charge in [-0.25, -0.2) is 0 Å². The highest BCUT2D eigenvalue weighted by molar-refractivity contribution is 5.73. The van der Waals surface area contributed by atoms with Crippen LogP contribution in [0.4, 0.5) is 0 Å². The summed E-state index contributed by atoms with van der Waals surface area (Å²) in [7, 11) is 0. The second-order valence-electron chi connectivity index (χ2n) is 5.18. The summed E-state index contributed by atoms with van der Waals surface area (Å²) < 4.78 is 1.74. The first-order valence-corrected chi connectivity index (χ1v) is 6.78. The van der Waals surface area contributed by atoms with Crippen LogP contribution in [0.5, 0.6) is 0 Å². The van der Waals surface area contributed by atoms with E-state index in [4.69, 9.17) is 0 Å². The van der Waals surface area contributed by atoms with Crippen molar-refractivity contribution in [2.75, 3.05) is 19.6 Å². The molecule has 0 unspecified atom stereocenters. The number of rotatable bonds is 5. The number of β-amino-alcohol motifs (C(OH)–C–C–N with tert-alkyl or cyclic N) is 1. The topological polar surface area (TPSA) is 70.4 Å². The number of nitrogens with zero attached hydrogens (tertiary/aromatic N) is 3. The van der Waals surface area contributed by atoms with Gasteiger partial charge in [0.15, 0.2) is 0 Å². The molecular formula is C13H22N4O2. The van der Waals surface area contributed by atoms with Crippen molar-refractivity contribution in [3.8, 4) is 0 Å². The minimum absolute atomic E-state index is 0.0175. The Balaban J connectivity index is 1.76. The number of aromatic nitrogens is 2. The summed E-state index contributed by atoms with van der Waals surface area (Å²) in [5.41, 5.74) is 0. The zero-order valence-electron chi connectivity index (χ0n) is 11.3. The van der Waals surface area contributed by atoms with Gasteiger partial charge in [0.1, 0.15) is 0 Å². The van der Waals surface area contributed by atoms with Gasteiger partial charge in [-0.15, -0.1) is 0 Å². The predicted molar refractivity (Wildman–Crippen MR) is 71.5 cm³/mol. The summed E-state index contributed by atoms with van der Waals surface area (Å²) in [5.74, 6) is 0.0175. The molecule has 1 saturated heterocycles. The molecule has 1 aliphatic heterocycles. The second-order valence-corrected chi connectivity index (χ2v) is 5.18. The Labute approximate surface area is 113 Å². The van der Waals surface area contributed by atoms with Crippen LogP contribution in [0.3, 0.4) is 0 Å². The first-order valence-electron chi connectivity index (χ1n) is 6.78. The molecule has 0 bridgehead atoms. The van der Waals surface area contributed by atoms with Gasteiger partial charge in [0.25, 0.3) is 0 Å². The quantitative estimate of drug-likeness (QED) is 0.777. The molecular weight excluding hydrogens is 244 g/mol. The third-order valence-electron chi connectivity index (χ3n) is 3.34. The van der Waals surface area contributed by atoms with Gasteiger partial charge in [-0.1, -0.05) is 0 Å². The maximum Gasteiger partial charge on any atom is 0.217 e. The molecule has 0 radical (unpaired) electrons. The number of hydrogen-bond donors (Lipinski definition) is 2. The lowest BCUT2D eigenvalue weighted by molar-refractivity contribution is -0.120. The predicted octanol–water partition coefficient (Wildman–Crippen LogP) is -0.155. The van der Waals surface area contributed by atoms with E-state index in [-0.39, 0.29) is 11.9 Å². The van der Waals surface area contributed by atoms with Gasteiger partial charge in [0.2, 0.25) is 5.91 Å². The molecule has 2 atom stereocenters. The van der Waals surface area contributed by atoms with Crippen LogP contribution in [0.25, 0.3) is 0 Å². The molecule has 0 spiro atoms. The van der Waals surface area contributed by atoms with Gasteiger partial charge in [0, 0.05) is 38.4 Å². The molecule has 0 aromatic carbocycles. The first kappa shape index (κ1) is 14.0. The molecule has 0 aliphatic carbocycles. The fourth-order valence-electron chi connectivity index (χ4n) is 2.61.